The lowest BCUT2D eigenvalue weighted by molar-refractivity contribution is -0.119. The molecule has 1 fully saturated rings. The van der Waals surface area contributed by atoms with Gasteiger partial charge in [0.2, 0.25) is 0 Å². The van der Waals surface area contributed by atoms with Crippen LogP contribution in [0, 0.1) is 17.2 Å². The van der Waals surface area contributed by atoms with E-state index in [1.807, 2.05) is 31.2 Å². The number of ketones is 1. The molecule has 1 unspecified atom stereocenters. The Morgan fingerprint density at radius 2 is 2.11 bits per heavy atom. The van der Waals surface area contributed by atoms with Crippen molar-refractivity contribution in [1.82, 2.24) is 0 Å². The van der Waals surface area contributed by atoms with Gasteiger partial charge in [-0.25, -0.2) is 0 Å². The highest BCUT2D eigenvalue weighted by Crippen LogP contribution is 2.34. The van der Waals surface area contributed by atoms with Crippen LogP contribution in [0.4, 0.5) is 0 Å². The van der Waals surface area contributed by atoms with Gasteiger partial charge in [0.05, 0.1) is 12.7 Å². The van der Waals surface area contributed by atoms with Gasteiger partial charge in [0.15, 0.2) is 5.78 Å². The first kappa shape index (κ1) is 12.6. The van der Waals surface area contributed by atoms with E-state index in [9.17, 15) is 4.79 Å². The number of carbonyl (C=O) groups is 1. The van der Waals surface area contributed by atoms with Gasteiger partial charge >= 0.3 is 0 Å². The first-order valence-corrected chi connectivity index (χ1v) is 6.39. The van der Waals surface area contributed by atoms with E-state index in [1.54, 1.807) is 0 Å². The van der Waals surface area contributed by atoms with Gasteiger partial charge in [0, 0.05) is 6.42 Å². The van der Waals surface area contributed by atoms with Crippen molar-refractivity contribution in [3.05, 3.63) is 29.8 Å². The summed E-state index contributed by atoms with van der Waals surface area (Å²) in [5.74, 6) is 0.717. The summed E-state index contributed by atoms with van der Waals surface area (Å²) in [4.78, 5) is 12.0. The van der Waals surface area contributed by atoms with E-state index in [2.05, 4.69) is 6.07 Å². The smallest absolute Gasteiger partial charge is 0.154 e. The molecule has 0 N–H and O–H groups in total. The van der Waals surface area contributed by atoms with Gasteiger partial charge < -0.3 is 4.74 Å². The molecule has 18 heavy (non-hydrogen) atoms. The first-order valence-electron chi connectivity index (χ1n) is 6.39. The molecule has 1 aliphatic carbocycles. The Labute approximate surface area is 107 Å². The molecule has 1 aromatic rings. The predicted octanol–water partition coefficient (Wildman–Crippen LogP) is 3.06. The molecule has 0 spiro atoms. The molecule has 0 amide bonds. The van der Waals surface area contributed by atoms with Crippen molar-refractivity contribution in [3.8, 4) is 11.8 Å². The highest BCUT2D eigenvalue weighted by Gasteiger charge is 2.29. The summed E-state index contributed by atoms with van der Waals surface area (Å²) in [7, 11) is 0. The predicted molar refractivity (Wildman–Crippen MR) is 68.3 cm³/mol. The second kappa shape index (κ2) is 5.68. The average Bonchev–Trinajstić information content (AvgIpc) is 3.16. The Balaban J connectivity index is 2.06. The molecule has 0 aliphatic heterocycles. The lowest BCUT2D eigenvalue weighted by atomic mass is 9.93. The van der Waals surface area contributed by atoms with Crippen molar-refractivity contribution in [2.75, 3.05) is 6.61 Å². The molecule has 1 saturated carbocycles. The summed E-state index contributed by atoms with van der Waals surface area (Å²) in [5, 5.41) is 9.15. The molecule has 0 heterocycles. The fraction of sp³-hybridized carbons (Fsp3) is 0.467. The van der Waals surface area contributed by atoms with Gasteiger partial charge in [-0.3, -0.25) is 4.79 Å². The molecule has 2 rings (SSSR count). The maximum absolute atomic E-state index is 12.0. The minimum Gasteiger partial charge on any atom is -0.494 e. The summed E-state index contributed by atoms with van der Waals surface area (Å²) in [5.41, 5.74) is 0.770. The van der Waals surface area contributed by atoms with Crippen molar-refractivity contribution < 1.29 is 9.53 Å². The minimum atomic E-state index is -0.624. The Kier molecular flexibility index (Phi) is 3.99. The zero-order valence-corrected chi connectivity index (χ0v) is 10.6. The highest BCUT2D eigenvalue weighted by atomic mass is 16.5. The zero-order valence-electron chi connectivity index (χ0n) is 10.6. The maximum Gasteiger partial charge on any atom is 0.154 e. The lowest BCUT2D eigenvalue weighted by Crippen LogP contribution is -2.11. The number of nitriles is 1. The normalized spacial score (nSPS) is 15.8. The van der Waals surface area contributed by atoms with Crippen LogP contribution in [0.1, 0.15) is 37.7 Å². The van der Waals surface area contributed by atoms with Crippen LogP contribution in [0.2, 0.25) is 0 Å². The van der Waals surface area contributed by atoms with E-state index >= 15 is 0 Å². The van der Waals surface area contributed by atoms with Crippen LogP contribution in [0.5, 0.6) is 5.75 Å². The second-order valence-electron chi connectivity index (χ2n) is 4.68. The fourth-order valence-electron chi connectivity index (χ4n) is 1.98. The van der Waals surface area contributed by atoms with Crippen molar-refractivity contribution in [2.24, 2.45) is 5.92 Å². The van der Waals surface area contributed by atoms with E-state index in [4.69, 9.17) is 10.00 Å². The molecule has 0 aromatic heterocycles. The van der Waals surface area contributed by atoms with E-state index in [-0.39, 0.29) is 5.78 Å². The molecular weight excluding hydrogens is 226 g/mol. The molecule has 3 nitrogen and oxygen atoms in total. The molecule has 94 valence electrons. The van der Waals surface area contributed by atoms with Gasteiger partial charge in [0.1, 0.15) is 11.7 Å². The maximum atomic E-state index is 12.0. The van der Waals surface area contributed by atoms with Crippen LogP contribution in [0.15, 0.2) is 24.3 Å². The number of ether oxygens (including phenoxy) is 1. The summed E-state index contributed by atoms with van der Waals surface area (Å²) in [6, 6.07) is 9.36. The molecule has 1 atom stereocenters. The van der Waals surface area contributed by atoms with Gasteiger partial charge in [0.25, 0.3) is 0 Å². The van der Waals surface area contributed by atoms with Crippen LogP contribution in [-0.4, -0.2) is 12.4 Å². The number of benzene rings is 1. The summed E-state index contributed by atoms with van der Waals surface area (Å²) in [6.45, 7) is 2.53. The zero-order chi connectivity index (χ0) is 13.0. The van der Waals surface area contributed by atoms with Crippen molar-refractivity contribution in [1.29, 1.82) is 5.26 Å². The Bertz CT molecular complexity index is 454. The lowest BCUT2D eigenvalue weighted by Gasteiger charge is -2.09. The van der Waals surface area contributed by atoms with Crippen molar-refractivity contribution in [3.63, 3.8) is 0 Å². The highest BCUT2D eigenvalue weighted by molar-refractivity contribution is 5.88. The quantitative estimate of drug-likeness (QED) is 0.771. The number of carbonyl (C=O) groups excluding carboxylic acids is 1. The number of Topliss-reactive ketones (excluding diaryl/α,β-unsaturated/α-hetero) is 1. The van der Waals surface area contributed by atoms with Crippen LogP contribution < -0.4 is 4.74 Å². The molecule has 1 aromatic carbocycles. The average molecular weight is 243 g/mol. The van der Waals surface area contributed by atoms with E-state index < -0.39 is 5.92 Å². The van der Waals surface area contributed by atoms with Gasteiger partial charge in [-0.2, -0.15) is 5.26 Å². The minimum absolute atomic E-state index is 0.0455. The van der Waals surface area contributed by atoms with E-state index in [0.29, 0.717) is 18.9 Å². The Morgan fingerprint density at radius 3 is 2.61 bits per heavy atom. The SMILES string of the molecule is CCOc1ccc(C(C#N)C(=O)CC2CC2)cc1. The summed E-state index contributed by atoms with van der Waals surface area (Å²) >= 11 is 0. The molecule has 1 aliphatic rings. The fourth-order valence-corrected chi connectivity index (χ4v) is 1.98. The molecule has 0 saturated heterocycles. The molecule has 0 radical (unpaired) electrons. The third-order valence-electron chi connectivity index (χ3n) is 3.16. The third kappa shape index (κ3) is 3.10. The number of hydrogen-bond acceptors (Lipinski definition) is 3. The Morgan fingerprint density at radius 1 is 1.44 bits per heavy atom. The standard InChI is InChI=1S/C15H17NO2/c1-2-18-13-7-5-12(6-8-13)14(10-16)15(17)9-11-3-4-11/h5-8,11,14H,2-4,9H2,1H3. The molecule has 3 heteroatoms. The van der Waals surface area contributed by atoms with Gasteiger partial charge in [-0.05, 0) is 43.4 Å². The number of nitrogens with zero attached hydrogens (tertiary/aromatic N) is 1. The number of rotatable bonds is 6. The van der Waals surface area contributed by atoms with Crippen LogP contribution in [-0.2, 0) is 4.79 Å². The summed E-state index contributed by atoms with van der Waals surface area (Å²) < 4.78 is 5.34. The van der Waals surface area contributed by atoms with E-state index in [0.717, 1.165) is 24.2 Å². The Hall–Kier alpha value is -1.82. The van der Waals surface area contributed by atoms with Crippen molar-refractivity contribution >= 4 is 5.78 Å². The van der Waals surface area contributed by atoms with Crippen LogP contribution >= 0.6 is 0 Å². The molecule has 0 bridgehead atoms. The third-order valence-corrected chi connectivity index (χ3v) is 3.16. The van der Waals surface area contributed by atoms with Crippen molar-refractivity contribution in [2.45, 2.75) is 32.1 Å². The largest absolute Gasteiger partial charge is 0.494 e. The van der Waals surface area contributed by atoms with Crippen LogP contribution in [0.25, 0.3) is 0 Å². The first-order chi connectivity index (χ1) is 8.74. The monoisotopic (exact) mass is 243 g/mol. The second-order valence-corrected chi connectivity index (χ2v) is 4.68. The van der Waals surface area contributed by atoms with Gasteiger partial charge in [-0.1, -0.05) is 12.1 Å². The topological polar surface area (TPSA) is 50.1 Å². The van der Waals surface area contributed by atoms with E-state index in [1.165, 1.54) is 0 Å². The summed E-state index contributed by atoms with van der Waals surface area (Å²) in [6.07, 6.45) is 2.81. The van der Waals surface area contributed by atoms with Gasteiger partial charge in [-0.15, -0.1) is 0 Å². The van der Waals surface area contributed by atoms with Crippen LogP contribution in [0.3, 0.4) is 0 Å². The number of hydrogen-bond donors (Lipinski definition) is 0. The molecular formula is C15H17NO2.